The number of hydrogen-bond acceptors (Lipinski definition) is 4. The molecule has 0 aromatic rings. The van der Waals surface area contributed by atoms with Crippen LogP contribution < -0.4 is 11.1 Å². The van der Waals surface area contributed by atoms with E-state index in [1.54, 1.807) is 14.2 Å². The van der Waals surface area contributed by atoms with Gasteiger partial charge in [0.05, 0.1) is 0 Å². The van der Waals surface area contributed by atoms with Crippen molar-refractivity contribution in [2.45, 2.75) is 19.5 Å². The van der Waals surface area contributed by atoms with Crippen molar-refractivity contribution in [3.63, 3.8) is 0 Å². The van der Waals surface area contributed by atoms with Crippen LogP contribution in [0.1, 0.15) is 6.92 Å². The molecule has 0 rings (SSSR count). The predicted molar refractivity (Wildman–Crippen MR) is 61.5 cm³/mol. The average molecular weight is 220 g/mol. The minimum atomic E-state index is -1.89. The van der Waals surface area contributed by atoms with Gasteiger partial charge in [-0.1, -0.05) is 6.92 Å². The van der Waals surface area contributed by atoms with Crippen molar-refractivity contribution in [2.75, 3.05) is 33.9 Å². The van der Waals surface area contributed by atoms with Crippen LogP contribution in [0.5, 0.6) is 0 Å². The molecule has 5 heteroatoms. The standard InChI is InChI=1S/C9H24N2O2Si/c1-9(7-11-6-5-10)8-14(4,12-2)13-3/h9,11H,5-8,10H2,1-4H3. The van der Waals surface area contributed by atoms with E-state index in [9.17, 15) is 0 Å². The van der Waals surface area contributed by atoms with Crippen LogP contribution in [0.15, 0.2) is 0 Å². The van der Waals surface area contributed by atoms with Crippen LogP contribution in [0.25, 0.3) is 0 Å². The Morgan fingerprint density at radius 3 is 2.36 bits per heavy atom. The van der Waals surface area contributed by atoms with E-state index in [1.807, 2.05) is 0 Å². The van der Waals surface area contributed by atoms with Gasteiger partial charge in [-0.3, -0.25) is 0 Å². The molecule has 0 aromatic heterocycles. The lowest BCUT2D eigenvalue weighted by Gasteiger charge is -2.26. The van der Waals surface area contributed by atoms with Crippen LogP contribution in [-0.4, -0.2) is 42.4 Å². The molecule has 0 spiro atoms. The van der Waals surface area contributed by atoms with Gasteiger partial charge in [0.15, 0.2) is 0 Å². The minimum absolute atomic E-state index is 0.568. The van der Waals surface area contributed by atoms with Gasteiger partial charge >= 0.3 is 8.56 Å². The normalized spacial score (nSPS) is 14.4. The Morgan fingerprint density at radius 2 is 1.93 bits per heavy atom. The van der Waals surface area contributed by atoms with Crippen molar-refractivity contribution >= 4 is 8.56 Å². The molecule has 0 aliphatic rings. The average Bonchev–Trinajstić information content (AvgIpc) is 2.18. The second-order valence-corrected chi connectivity index (χ2v) is 7.34. The molecule has 1 atom stereocenters. The lowest BCUT2D eigenvalue weighted by atomic mass is 10.2. The third-order valence-electron chi connectivity index (χ3n) is 2.40. The first kappa shape index (κ1) is 14.1. The summed E-state index contributed by atoms with van der Waals surface area (Å²) in [7, 11) is 1.57. The zero-order valence-electron chi connectivity index (χ0n) is 9.80. The molecule has 0 saturated heterocycles. The molecule has 0 aliphatic heterocycles. The zero-order chi connectivity index (χ0) is 11.0. The Morgan fingerprint density at radius 1 is 1.36 bits per heavy atom. The molecule has 0 aromatic carbocycles. The molecule has 86 valence electrons. The quantitative estimate of drug-likeness (QED) is 0.463. The molecule has 4 nitrogen and oxygen atoms in total. The molecule has 0 radical (unpaired) electrons. The van der Waals surface area contributed by atoms with Gasteiger partial charge in [-0.2, -0.15) is 0 Å². The van der Waals surface area contributed by atoms with E-state index in [1.165, 1.54) is 0 Å². The van der Waals surface area contributed by atoms with Gasteiger partial charge in [-0.15, -0.1) is 0 Å². The van der Waals surface area contributed by atoms with E-state index in [0.717, 1.165) is 19.1 Å². The van der Waals surface area contributed by atoms with Gasteiger partial charge in [-0.05, 0) is 25.1 Å². The molecule has 0 bridgehead atoms. The van der Waals surface area contributed by atoms with Crippen LogP contribution in [0.2, 0.25) is 12.6 Å². The zero-order valence-corrected chi connectivity index (χ0v) is 10.8. The number of nitrogens with one attached hydrogen (secondary N) is 1. The molecule has 1 unspecified atom stereocenters. The number of nitrogens with two attached hydrogens (primary N) is 1. The van der Waals surface area contributed by atoms with Crippen molar-refractivity contribution < 1.29 is 8.85 Å². The lowest BCUT2D eigenvalue weighted by Crippen LogP contribution is -2.40. The van der Waals surface area contributed by atoms with Crippen molar-refractivity contribution in [3.05, 3.63) is 0 Å². The van der Waals surface area contributed by atoms with E-state index in [-0.39, 0.29) is 0 Å². The molecule has 0 amide bonds. The Balaban J connectivity index is 3.73. The van der Waals surface area contributed by atoms with Crippen molar-refractivity contribution in [3.8, 4) is 0 Å². The topological polar surface area (TPSA) is 56.5 Å². The van der Waals surface area contributed by atoms with Gasteiger partial charge in [0.25, 0.3) is 0 Å². The van der Waals surface area contributed by atoms with Crippen LogP contribution in [0.3, 0.4) is 0 Å². The van der Waals surface area contributed by atoms with Gasteiger partial charge in [0, 0.05) is 27.3 Å². The molecular formula is C9H24N2O2Si. The summed E-state index contributed by atoms with van der Waals surface area (Å²) in [6.07, 6.45) is 0. The Labute approximate surface area is 88.4 Å². The first-order chi connectivity index (χ1) is 6.58. The molecule has 3 N–H and O–H groups in total. The van der Waals surface area contributed by atoms with E-state index in [4.69, 9.17) is 14.6 Å². The van der Waals surface area contributed by atoms with Gasteiger partial charge < -0.3 is 19.9 Å². The van der Waals surface area contributed by atoms with E-state index >= 15 is 0 Å². The minimum Gasteiger partial charge on any atom is -0.398 e. The van der Waals surface area contributed by atoms with E-state index in [0.29, 0.717) is 12.5 Å². The molecule has 0 aliphatic carbocycles. The first-order valence-corrected chi connectivity index (χ1v) is 7.61. The Kier molecular flexibility index (Phi) is 7.39. The summed E-state index contributed by atoms with van der Waals surface area (Å²) in [6.45, 7) is 6.84. The van der Waals surface area contributed by atoms with Gasteiger partial charge in [-0.25, -0.2) is 0 Å². The summed E-state index contributed by atoms with van der Waals surface area (Å²) in [6, 6.07) is 1.01. The second kappa shape index (κ2) is 7.36. The highest BCUT2D eigenvalue weighted by molar-refractivity contribution is 6.65. The predicted octanol–water partition coefficient (Wildman–Crippen LogP) is 0.536. The van der Waals surface area contributed by atoms with Crippen molar-refractivity contribution in [2.24, 2.45) is 11.7 Å². The maximum atomic E-state index is 5.43. The summed E-state index contributed by atoms with van der Waals surface area (Å²) in [5.41, 5.74) is 5.39. The van der Waals surface area contributed by atoms with Crippen LogP contribution in [0.4, 0.5) is 0 Å². The van der Waals surface area contributed by atoms with E-state index in [2.05, 4.69) is 18.8 Å². The summed E-state index contributed by atoms with van der Waals surface area (Å²) >= 11 is 0. The summed E-state index contributed by atoms with van der Waals surface area (Å²) in [5.74, 6) is 0.568. The highest BCUT2D eigenvalue weighted by Crippen LogP contribution is 2.17. The SMILES string of the molecule is CO[Si](C)(CC(C)CNCCN)OC. The summed E-state index contributed by atoms with van der Waals surface area (Å²) in [4.78, 5) is 0. The molecule has 14 heavy (non-hydrogen) atoms. The molecule has 0 saturated carbocycles. The largest absolute Gasteiger partial charge is 0.398 e. The number of rotatable bonds is 8. The third-order valence-corrected chi connectivity index (χ3v) is 5.56. The van der Waals surface area contributed by atoms with Crippen LogP contribution >= 0.6 is 0 Å². The highest BCUT2D eigenvalue weighted by atomic mass is 28.4. The van der Waals surface area contributed by atoms with Gasteiger partial charge in [0.2, 0.25) is 0 Å². The fraction of sp³-hybridized carbons (Fsp3) is 1.00. The molecule has 0 fully saturated rings. The third kappa shape index (κ3) is 5.72. The maximum Gasteiger partial charge on any atom is 0.334 e. The van der Waals surface area contributed by atoms with Crippen LogP contribution in [-0.2, 0) is 8.85 Å². The summed E-state index contributed by atoms with van der Waals surface area (Å²) in [5, 5.41) is 3.29. The number of hydrogen-bond donors (Lipinski definition) is 2. The molecule has 0 heterocycles. The first-order valence-electron chi connectivity index (χ1n) is 5.09. The fourth-order valence-corrected chi connectivity index (χ4v) is 3.32. The monoisotopic (exact) mass is 220 g/mol. The van der Waals surface area contributed by atoms with Crippen LogP contribution in [0, 0.1) is 5.92 Å². The van der Waals surface area contributed by atoms with Crippen molar-refractivity contribution in [1.82, 2.24) is 5.32 Å². The highest BCUT2D eigenvalue weighted by Gasteiger charge is 2.30. The fourth-order valence-electron chi connectivity index (χ4n) is 1.41. The van der Waals surface area contributed by atoms with Gasteiger partial charge in [0.1, 0.15) is 0 Å². The van der Waals surface area contributed by atoms with Crippen molar-refractivity contribution in [1.29, 1.82) is 0 Å². The Bertz CT molecular complexity index is 143. The summed E-state index contributed by atoms with van der Waals surface area (Å²) < 4.78 is 10.9. The Hall–Kier alpha value is 0.0569. The lowest BCUT2D eigenvalue weighted by molar-refractivity contribution is 0.242. The van der Waals surface area contributed by atoms with E-state index < -0.39 is 8.56 Å². The smallest absolute Gasteiger partial charge is 0.334 e. The maximum absolute atomic E-state index is 5.43. The second-order valence-electron chi connectivity index (χ2n) is 3.84. The molecular weight excluding hydrogens is 196 g/mol.